The number of nitrogens with zero attached hydrogens (tertiary/aromatic N) is 2. The molecule has 0 spiro atoms. The summed E-state index contributed by atoms with van der Waals surface area (Å²) in [6.45, 7) is 1.70. The second kappa shape index (κ2) is 6.53. The molecule has 1 aromatic rings. The van der Waals surface area contributed by atoms with Gasteiger partial charge in [-0.3, -0.25) is 4.79 Å². The standard InChI is InChI=1S/C13H13Cl4N3O/c14-10-5-9(6-11(18)7-10)8-19-1-3-20(4-2-19)12(21)13(15,16)17/h1,3,5-7H,2,4,8,18H2. The Morgan fingerprint density at radius 2 is 1.90 bits per heavy atom. The number of carbonyl (C=O) groups excluding carboxylic acids is 1. The third-order valence-electron chi connectivity index (χ3n) is 2.95. The first-order chi connectivity index (χ1) is 9.75. The van der Waals surface area contributed by atoms with Crippen LogP contribution in [0.1, 0.15) is 5.56 Å². The first-order valence-electron chi connectivity index (χ1n) is 6.11. The molecule has 0 unspecified atom stereocenters. The Hall–Kier alpha value is -0.810. The van der Waals surface area contributed by atoms with Crippen molar-refractivity contribution in [3.8, 4) is 0 Å². The highest BCUT2D eigenvalue weighted by Gasteiger charge is 2.35. The molecular formula is C13H13Cl4N3O. The molecule has 8 heteroatoms. The molecule has 1 amide bonds. The van der Waals surface area contributed by atoms with Gasteiger partial charge in [-0.1, -0.05) is 46.4 Å². The lowest BCUT2D eigenvalue weighted by Gasteiger charge is -2.31. The number of alkyl halides is 3. The van der Waals surface area contributed by atoms with Crippen LogP contribution in [0, 0.1) is 0 Å². The van der Waals surface area contributed by atoms with Crippen LogP contribution in [-0.2, 0) is 11.3 Å². The van der Waals surface area contributed by atoms with Gasteiger partial charge in [0.2, 0.25) is 0 Å². The first kappa shape index (κ1) is 16.6. The average Bonchev–Trinajstić information content (AvgIpc) is 2.36. The third-order valence-corrected chi connectivity index (χ3v) is 3.66. The number of nitrogen functional groups attached to an aromatic ring is 1. The molecule has 0 saturated heterocycles. The summed E-state index contributed by atoms with van der Waals surface area (Å²) in [6.07, 6.45) is 3.37. The van der Waals surface area contributed by atoms with Crippen LogP contribution in [-0.4, -0.2) is 32.6 Å². The van der Waals surface area contributed by atoms with Gasteiger partial charge in [0.15, 0.2) is 0 Å². The van der Waals surface area contributed by atoms with Crippen molar-refractivity contribution in [1.82, 2.24) is 9.80 Å². The molecule has 21 heavy (non-hydrogen) atoms. The van der Waals surface area contributed by atoms with Crippen LogP contribution in [0.3, 0.4) is 0 Å². The van der Waals surface area contributed by atoms with Crippen molar-refractivity contribution in [2.24, 2.45) is 0 Å². The Morgan fingerprint density at radius 3 is 2.43 bits per heavy atom. The van der Waals surface area contributed by atoms with E-state index in [2.05, 4.69) is 0 Å². The van der Waals surface area contributed by atoms with E-state index >= 15 is 0 Å². The van der Waals surface area contributed by atoms with E-state index in [0.717, 1.165) is 5.56 Å². The number of carbonyl (C=O) groups is 1. The SMILES string of the molecule is Nc1cc(Cl)cc(CN2C=CN(C(=O)C(Cl)(Cl)Cl)CC2)c1. The smallest absolute Gasteiger partial charge is 0.278 e. The topological polar surface area (TPSA) is 49.6 Å². The van der Waals surface area contributed by atoms with Crippen molar-refractivity contribution in [3.63, 3.8) is 0 Å². The van der Waals surface area contributed by atoms with Crippen molar-refractivity contribution >= 4 is 58.0 Å². The van der Waals surface area contributed by atoms with Crippen molar-refractivity contribution in [2.45, 2.75) is 10.3 Å². The predicted molar refractivity (Wildman–Crippen MR) is 87.4 cm³/mol. The van der Waals surface area contributed by atoms with Gasteiger partial charge in [0.1, 0.15) is 0 Å². The molecule has 0 atom stereocenters. The number of amides is 1. The number of benzene rings is 1. The van der Waals surface area contributed by atoms with E-state index in [-0.39, 0.29) is 0 Å². The summed E-state index contributed by atoms with van der Waals surface area (Å²) in [4.78, 5) is 15.2. The minimum atomic E-state index is -1.94. The van der Waals surface area contributed by atoms with Crippen molar-refractivity contribution in [2.75, 3.05) is 18.8 Å². The van der Waals surface area contributed by atoms with Crippen LogP contribution in [0.15, 0.2) is 30.6 Å². The van der Waals surface area contributed by atoms with E-state index in [1.807, 2.05) is 17.0 Å². The molecule has 0 fully saturated rings. The van der Waals surface area contributed by atoms with Crippen LogP contribution in [0.25, 0.3) is 0 Å². The summed E-state index contributed by atoms with van der Waals surface area (Å²) >= 11 is 22.7. The second-order valence-corrected chi connectivity index (χ2v) is 7.38. The third kappa shape index (κ3) is 4.58. The van der Waals surface area contributed by atoms with E-state index in [1.165, 1.54) is 4.90 Å². The maximum absolute atomic E-state index is 11.8. The zero-order chi connectivity index (χ0) is 15.6. The van der Waals surface area contributed by atoms with E-state index < -0.39 is 9.70 Å². The molecule has 0 radical (unpaired) electrons. The lowest BCUT2D eigenvalue weighted by molar-refractivity contribution is -0.128. The van der Waals surface area contributed by atoms with Gasteiger partial charge in [0.25, 0.3) is 9.70 Å². The van der Waals surface area contributed by atoms with Crippen molar-refractivity contribution < 1.29 is 4.79 Å². The second-order valence-electron chi connectivity index (χ2n) is 4.66. The van der Waals surface area contributed by atoms with Crippen LogP contribution < -0.4 is 5.73 Å². The van der Waals surface area contributed by atoms with Crippen LogP contribution in [0.2, 0.25) is 5.02 Å². The lowest BCUT2D eigenvalue weighted by atomic mass is 10.2. The molecule has 2 rings (SSSR count). The number of hydrogen-bond donors (Lipinski definition) is 1. The van der Waals surface area contributed by atoms with Gasteiger partial charge >= 0.3 is 0 Å². The maximum Gasteiger partial charge on any atom is 0.278 e. The Morgan fingerprint density at radius 1 is 1.19 bits per heavy atom. The van der Waals surface area contributed by atoms with E-state index in [4.69, 9.17) is 52.1 Å². The number of anilines is 1. The minimum Gasteiger partial charge on any atom is -0.399 e. The Labute approximate surface area is 143 Å². The van der Waals surface area contributed by atoms with Crippen molar-refractivity contribution in [3.05, 3.63) is 41.2 Å². The number of hydrogen-bond acceptors (Lipinski definition) is 3. The minimum absolute atomic E-state index is 0.444. The molecular weight excluding hydrogens is 356 g/mol. The molecule has 0 aromatic heterocycles. The van der Waals surface area contributed by atoms with Gasteiger partial charge in [-0.2, -0.15) is 0 Å². The van der Waals surface area contributed by atoms with E-state index in [1.54, 1.807) is 18.5 Å². The Bertz CT molecular complexity index is 551. The van der Waals surface area contributed by atoms with E-state index in [0.29, 0.717) is 30.3 Å². The summed E-state index contributed by atoms with van der Waals surface area (Å²) in [5, 5.41) is 0.596. The van der Waals surface area contributed by atoms with Gasteiger partial charge in [-0.15, -0.1) is 0 Å². The summed E-state index contributed by atoms with van der Waals surface area (Å²) in [6, 6.07) is 5.40. The van der Waals surface area contributed by atoms with Crippen LogP contribution >= 0.6 is 46.4 Å². The highest BCUT2D eigenvalue weighted by molar-refractivity contribution is 6.76. The van der Waals surface area contributed by atoms with Gasteiger partial charge in [-0.25, -0.2) is 0 Å². The normalized spacial score (nSPS) is 15.4. The zero-order valence-corrected chi connectivity index (χ0v) is 13.9. The van der Waals surface area contributed by atoms with Gasteiger partial charge in [0, 0.05) is 42.7 Å². The van der Waals surface area contributed by atoms with Crippen molar-refractivity contribution in [1.29, 1.82) is 0 Å². The average molecular weight is 369 g/mol. The number of halogens is 4. The first-order valence-corrected chi connectivity index (χ1v) is 7.62. The predicted octanol–water partition coefficient (Wildman–Crippen LogP) is 3.41. The molecule has 0 aliphatic carbocycles. The summed E-state index contributed by atoms with van der Waals surface area (Å²) in [7, 11) is 0. The lowest BCUT2D eigenvalue weighted by Crippen LogP contribution is -2.42. The highest BCUT2D eigenvalue weighted by Crippen LogP contribution is 2.29. The van der Waals surface area contributed by atoms with E-state index in [9.17, 15) is 4.79 Å². The zero-order valence-electron chi connectivity index (χ0n) is 10.9. The quantitative estimate of drug-likeness (QED) is 0.642. The molecule has 2 N–H and O–H groups in total. The summed E-state index contributed by atoms with van der Waals surface area (Å²) in [5.74, 6) is -0.560. The summed E-state index contributed by atoms with van der Waals surface area (Å²) < 4.78 is -1.94. The molecule has 1 aliphatic heterocycles. The van der Waals surface area contributed by atoms with Gasteiger partial charge in [0.05, 0.1) is 0 Å². The number of nitrogens with two attached hydrogens (primary N) is 1. The largest absolute Gasteiger partial charge is 0.399 e. The maximum atomic E-state index is 11.8. The molecule has 1 aliphatic rings. The molecule has 0 saturated carbocycles. The molecule has 4 nitrogen and oxygen atoms in total. The summed E-state index contributed by atoms with van der Waals surface area (Å²) in [5.41, 5.74) is 7.36. The Balaban J connectivity index is 2.01. The molecule has 1 heterocycles. The fourth-order valence-electron chi connectivity index (χ4n) is 2.03. The van der Waals surface area contributed by atoms with Gasteiger partial charge in [-0.05, 0) is 23.8 Å². The fourth-order valence-corrected chi connectivity index (χ4v) is 2.62. The fraction of sp³-hybridized carbons (Fsp3) is 0.308. The molecule has 114 valence electrons. The molecule has 0 bridgehead atoms. The van der Waals surface area contributed by atoms with Gasteiger partial charge < -0.3 is 15.5 Å². The van der Waals surface area contributed by atoms with Crippen LogP contribution in [0.4, 0.5) is 5.69 Å². The monoisotopic (exact) mass is 367 g/mol. The number of rotatable bonds is 2. The highest BCUT2D eigenvalue weighted by atomic mass is 35.6. The molecule has 1 aromatic carbocycles. The Kier molecular flexibility index (Phi) is 5.15. The van der Waals surface area contributed by atoms with Crippen LogP contribution in [0.5, 0.6) is 0 Å².